The van der Waals surface area contributed by atoms with Crippen LogP contribution >= 0.6 is 0 Å². The largest absolute Gasteiger partial charge is 0.314 e. The van der Waals surface area contributed by atoms with Gasteiger partial charge in [-0.25, -0.2) is 0 Å². The van der Waals surface area contributed by atoms with E-state index in [0.717, 1.165) is 12.5 Å². The fourth-order valence-electron chi connectivity index (χ4n) is 3.51. The van der Waals surface area contributed by atoms with Crippen molar-refractivity contribution >= 4 is 0 Å². The molecule has 0 aliphatic heterocycles. The molecule has 0 bridgehead atoms. The lowest BCUT2D eigenvalue weighted by Crippen LogP contribution is -2.34. The van der Waals surface area contributed by atoms with E-state index in [0.29, 0.717) is 6.04 Å². The Morgan fingerprint density at radius 3 is 2.79 bits per heavy atom. The molecule has 0 fully saturated rings. The zero-order valence-electron chi connectivity index (χ0n) is 12.6. The molecule has 0 heterocycles. The van der Waals surface area contributed by atoms with Gasteiger partial charge in [-0.1, -0.05) is 63.8 Å². The minimum absolute atomic E-state index is 0.686. The van der Waals surface area contributed by atoms with Gasteiger partial charge >= 0.3 is 0 Å². The predicted octanol–water partition coefficient (Wildman–Crippen LogP) is 4.66. The minimum atomic E-state index is 0.686. The summed E-state index contributed by atoms with van der Waals surface area (Å²) in [7, 11) is 0. The van der Waals surface area contributed by atoms with E-state index in [1.807, 2.05) is 0 Å². The summed E-state index contributed by atoms with van der Waals surface area (Å²) in [5.74, 6) is 0.748. The maximum atomic E-state index is 3.74. The van der Waals surface area contributed by atoms with Crippen molar-refractivity contribution in [2.75, 3.05) is 6.54 Å². The number of hydrogen-bond acceptors (Lipinski definition) is 1. The molecule has 2 rings (SSSR count). The summed E-state index contributed by atoms with van der Waals surface area (Å²) in [5, 5.41) is 3.74. The van der Waals surface area contributed by atoms with Gasteiger partial charge in [0.25, 0.3) is 0 Å². The molecule has 1 heteroatoms. The highest BCUT2D eigenvalue weighted by Gasteiger charge is 2.28. The molecule has 0 aromatic heterocycles. The molecule has 1 aromatic carbocycles. The molecule has 0 saturated carbocycles. The summed E-state index contributed by atoms with van der Waals surface area (Å²) in [6.45, 7) is 5.62. The topological polar surface area (TPSA) is 12.0 Å². The van der Waals surface area contributed by atoms with Crippen LogP contribution in [-0.4, -0.2) is 12.6 Å². The fraction of sp³-hybridized carbons (Fsp3) is 0.667. The Morgan fingerprint density at radius 1 is 1.16 bits per heavy atom. The second kappa shape index (κ2) is 7.69. The van der Waals surface area contributed by atoms with E-state index in [4.69, 9.17) is 0 Å². The molecular weight excluding hydrogens is 230 g/mol. The molecule has 0 spiro atoms. The van der Waals surface area contributed by atoms with Gasteiger partial charge in [0.05, 0.1) is 0 Å². The molecule has 106 valence electrons. The van der Waals surface area contributed by atoms with Crippen molar-refractivity contribution in [1.82, 2.24) is 5.32 Å². The number of nitrogens with one attached hydrogen (secondary N) is 1. The third-order valence-corrected chi connectivity index (χ3v) is 4.50. The maximum absolute atomic E-state index is 3.74. The molecule has 2 unspecified atom stereocenters. The zero-order chi connectivity index (χ0) is 13.5. The second-order valence-electron chi connectivity index (χ2n) is 5.86. The summed E-state index contributed by atoms with van der Waals surface area (Å²) in [5.41, 5.74) is 3.20. The first-order chi connectivity index (χ1) is 9.36. The highest BCUT2D eigenvalue weighted by Crippen LogP contribution is 2.36. The number of hydrogen-bond donors (Lipinski definition) is 1. The lowest BCUT2D eigenvalue weighted by Gasteiger charge is -2.25. The first-order valence-electron chi connectivity index (χ1n) is 8.18. The average molecular weight is 259 g/mol. The highest BCUT2D eigenvalue weighted by atomic mass is 14.9. The third kappa shape index (κ3) is 3.82. The van der Waals surface area contributed by atoms with Crippen LogP contribution in [0.15, 0.2) is 24.3 Å². The Kier molecular flexibility index (Phi) is 5.91. The van der Waals surface area contributed by atoms with Crippen LogP contribution in [0.25, 0.3) is 0 Å². The first kappa shape index (κ1) is 14.6. The van der Waals surface area contributed by atoms with Crippen LogP contribution < -0.4 is 5.32 Å². The van der Waals surface area contributed by atoms with E-state index in [1.165, 1.54) is 44.9 Å². The van der Waals surface area contributed by atoms with Crippen LogP contribution in [0.3, 0.4) is 0 Å². The summed E-state index contributed by atoms with van der Waals surface area (Å²) < 4.78 is 0. The van der Waals surface area contributed by atoms with Crippen molar-refractivity contribution < 1.29 is 0 Å². The molecule has 2 atom stereocenters. The van der Waals surface area contributed by atoms with Gasteiger partial charge in [-0.05, 0) is 42.9 Å². The molecule has 1 N–H and O–H groups in total. The maximum Gasteiger partial charge on any atom is 0.0136 e. The number of benzene rings is 1. The van der Waals surface area contributed by atoms with Crippen LogP contribution in [0.2, 0.25) is 0 Å². The molecule has 1 aliphatic carbocycles. The van der Waals surface area contributed by atoms with Crippen LogP contribution in [0.4, 0.5) is 0 Å². The number of unbranched alkanes of at least 4 members (excludes halogenated alkanes) is 3. The highest BCUT2D eigenvalue weighted by molar-refractivity contribution is 5.36. The number of rotatable bonds is 8. The number of fused-ring (bicyclic) bond motifs is 1. The van der Waals surface area contributed by atoms with Crippen molar-refractivity contribution in [3.63, 3.8) is 0 Å². The molecule has 1 nitrogen and oxygen atoms in total. The van der Waals surface area contributed by atoms with E-state index in [2.05, 4.69) is 43.4 Å². The van der Waals surface area contributed by atoms with E-state index < -0.39 is 0 Å². The van der Waals surface area contributed by atoms with Gasteiger partial charge in [-0.15, -0.1) is 0 Å². The van der Waals surface area contributed by atoms with Crippen molar-refractivity contribution in [2.24, 2.45) is 0 Å². The van der Waals surface area contributed by atoms with Gasteiger partial charge in [0.2, 0.25) is 0 Å². The molecular formula is C18H29N. The first-order valence-corrected chi connectivity index (χ1v) is 8.18. The summed E-state index contributed by atoms with van der Waals surface area (Å²) in [4.78, 5) is 0. The standard InChI is InChI=1S/C18H29N/c1-3-5-6-7-12-18(19-4-2)17-14-13-15-10-8-9-11-16(15)17/h8-11,17-19H,3-7,12-14H2,1-2H3. The van der Waals surface area contributed by atoms with E-state index in [9.17, 15) is 0 Å². The SMILES string of the molecule is CCCCCCC(NCC)C1CCc2ccccc21. The van der Waals surface area contributed by atoms with Crippen LogP contribution in [0, 0.1) is 0 Å². The van der Waals surface area contributed by atoms with Gasteiger partial charge in [0.15, 0.2) is 0 Å². The second-order valence-corrected chi connectivity index (χ2v) is 5.86. The Balaban J connectivity index is 1.96. The van der Waals surface area contributed by atoms with Crippen molar-refractivity contribution in [3.05, 3.63) is 35.4 Å². The van der Waals surface area contributed by atoms with Gasteiger partial charge in [0.1, 0.15) is 0 Å². The average Bonchev–Trinajstić information content (AvgIpc) is 2.86. The molecule has 0 amide bonds. The van der Waals surface area contributed by atoms with Crippen molar-refractivity contribution in [1.29, 1.82) is 0 Å². The molecule has 19 heavy (non-hydrogen) atoms. The third-order valence-electron chi connectivity index (χ3n) is 4.50. The lowest BCUT2D eigenvalue weighted by molar-refractivity contribution is 0.397. The van der Waals surface area contributed by atoms with Crippen LogP contribution in [-0.2, 0) is 6.42 Å². The normalized spacial score (nSPS) is 19.4. The zero-order valence-corrected chi connectivity index (χ0v) is 12.6. The predicted molar refractivity (Wildman–Crippen MR) is 83.7 cm³/mol. The quantitative estimate of drug-likeness (QED) is 0.669. The van der Waals surface area contributed by atoms with Crippen molar-refractivity contribution in [2.45, 2.75) is 70.8 Å². The van der Waals surface area contributed by atoms with E-state index in [-0.39, 0.29) is 0 Å². The van der Waals surface area contributed by atoms with Gasteiger partial charge in [-0.3, -0.25) is 0 Å². The lowest BCUT2D eigenvalue weighted by atomic mass is 9.89. The Hall–Kier alpha value is -0.820. The molecule has 0 saturated heterocycles. The van der Waals surface area contributed by atoms with Gasteiger partial charge in [-0.2, -0.15) is 0 Å². The van der Waals surface area contributed by atoms with Crippen LogP contribution in [0.1, 0.15) is 69.4 Å². The Labute approximate surface area is 118 Å². The summed E-state index contributed by atoms with van der Waals surface area (Å²) in [6.07, 6.45) is 9.45. The fourth-order valence-corrected chi connectivity index (χ4v) is 3.51. The summed E-state index contributed by atoms with van der Waals surface area (Å²) >= 11 is 0. The van der Waals surface area contributed by atoms with Crippen LogP contribution in [0.5, 0.6) is 0 Å². The van der Waals surface area contributed by atoms with Gasteiger partial charge < -0.3 is 5.32 Å². The minimum Gasteiger partial charge on any atom is -0.314 e. The summed E-state index contributed by atoms with van der Waals surface area (Å²) in [6, 6.07) is 9.74. The monoisotopic (exact) mass is 259 g/mol. The van der Waals surface area contributed by atoms with E-state index >= 15 is 0 Å². The molecule has 1 aromatic rings. The Morgan fingerprint density at radius 2 is 2.00 bits per heavy atom. The molecule has 1 aliphatic rings. The van der Waals surface area contributed by atoms with Gasteiger partial charge in [0, 0.05) is 6.04 Å². The number of likely N-dealkylation sites (N-methyl/N-ethyl adjacent to an activating group) is 1. The Bertz CT molecular complexity index is 372. The molecule has 0 radical (unpaired) electrons. The van der Waals surface area contributed by atoms with Crippen molar-refractivity contribution in [3.8, 4) is 0 Å². The van der Waals surface area contributed by atoms with E-state index in [1.54, 1.807) is 11.1 Å². The number of aryl methyl sites for hydroxylation is 1. The smallest absolute Gasteiger partial charge is 0.0136 e.